The number of hydrogen-bond acceptors (Lipinski definition) is 5. The van der Waals surface area contributed by atoms with Gasteiger partial charge in [0.05, 0.1) is 11.1 Å². The molecule has 1 heterocycles. The minimum Gasteiger partial charge on any atom is -0.411 e. The Labute approximate surface area is 91.1 Å². The van der Waals surface area contributed by atoms with Crippen molar-refractivity contribution < 1.29 is 5.21 Å². The van der Waals surface area contributed by atoms with Crippen LogP contribution in [0.25, 0.3) is 11.3 Å². The summed E-state index contributed by atoms with van der Waals surface area (Å²) in [5.74, 6) is 0. The first kappa shape index (κ1) is 9.79. The Balaban J connectivity index is 2.57. The van der Waals surface area contributed by atoms with E-state index in [2.05, 4.69) is 14.7 Å². The maximum Gasteiger partial charge on any atom is 0.109 e. The first-order chi connectivity index (χ1) is 7.33. The van der Waals surface area contributed by atoms with E-state index in [9.17, 15) is 0 Å². The van der Waals surface area contributed by atoms with Gasteiger partial charge in [-0.15, -0.1) is 5.10 Å². The Morgan fingerprint density at radius 1 is 1.40 bits per heavy atom. The molecule has 1 aromatic carbocycles. The number of hydrogen-bond donors (Lipinski definition) is 1. The minimum absolute atomic E-state index is 0.829. The normalized spacial score (nSPS) is 11.0. The Morgan fingerprint density at radius 3 is 2.87 bits per heavy atom. The molecule has 0 radical (unpaired) electrons. The molecule has 0 unspecified atom stereocenters. The largest absolute Gasteiger partial charge is 0.411 e. The molecule has 0 aliphatic carbocycles. The zero-order valence-electron chi connectivity index (χ0n) is 8.08. The molecule has 2 rings (SSSR count). The van der Waals surface area contributed by atoms with E-state index in [0.717, 1.165) is 21.7 Å². The van der Waals surface area contributed by atoms with Gasteiger partial charge in [0.1, 0.15) is 5.69 Å². The Morgan fingerprint density at radius 2 is 2.20 bits per heavy atom. The third-order valence-corrected chi connectivity index (χ3v) is 2.70. The summed E-state index contributed by atoms with van der Waals surface area (Å²) < 4.78 is 3.88. The summed E-state index contributed by atoms with van der Waals surface area (Å²) in [6.45, 7) is 1.97. The second-order valence-corrected chi connectivity index (χ2v) is 3.97. The smallest absolute Gasteiger partial charge is 0.109 e. The van der Waals surface area contributed by atoms with Crippen LogP contribution >= 0.6 is 11.5 Å². The standard InChI is InChI=1S/C10H9N3OS/c1-7-10(12-13-15-7)9-5-3-2-4-8(9)6-11-14/h2-6,14H,1H3. The number of aromatic nitrogens is 2. The Kier molecular flexibility index (Phi) is 2.73. The summed E-state index contributed by atoms with van der Waals surface area (Å²) in [7, 11) is 0. The summed E-state index contributed by atoms with van der Waals surface area (Å²) in [5.41, 5.74) is 2.60. The van der Waals surface area contributed by atoms with E-state index in [1.807, 2.05) is 31.2 Å². The quantitative estimate of drug-likeness (QED) is 0.479. The van der Waals surface area contributed by atoms with Crippen LogP contribution in [0.5, 0.6) is 0 Å². The second-order valence-electron chi connectivity index (χ2n) is 3.01. The topological polar surface area (TPSA) is 58.4 Å². The van der Waals surface area contributed by atoms with Crippen LogP contribution in [0.15, 0.2) is 29.4 Å². The lowest BCUT2D eigenvalue weighted by Crippen LogP contribution is -1.89. The first-order valence-corrected chi connectivity index (χ1v) is 5.16. The van der Waals surface area contributed by atoms with Crippen molar-refractivity contribution >= 4 is 17.7 Å². The van der Waals surface area contributed by atoms with E-state index in [1.54, 1.807) is 0 Å². The Bertz CT molecular complexity index is 493. The predicted molar refractivity (Wildman–Crippen MR) is 59.5 cm³/mol. The molecule has 0 atom stereocenters. The lowest BCUT2D eigenvalue weighted by molar-refractivity contribution is 0.322. The zero-order valence-corrected chi connectivity index (χ0v) is 8.90. The molecule has 0 spiro atoms. The maximum atomic E-state index is 8.55. The van der Waals surface area contributed by atoms with Crippen LogP contribution < -0.4 is 0 Å². The fraction of sp³-hybridized carbons (Fsp3) is 0.100. The fourth-order valence-corrected chi connectivity index (χ4v) is 1.85. The van der Waals surface area contributed by atoms with Crippen molar-refractivity contribution in [2.75, 3.05) is 0 Å². The van der Waals surface area contributed by atoms with Gasteiger partial charge in [-0.05, 0) is 18.5 Å². The molecule has 76 valence electrons. The molecule has 5 heteroatoms. The number of oxime groups is 1. The summed E-state index contributed by atoms with van der Waals surface area (Å²) in [5, 5.41) is 15.6. The van der Waals surface area contributed by atoms with Crippen molar-refractivity contribution in [1.29, 1.82) is 0 Å². The summed E-state index contributed by atoms with van der Waals surface area (Å²) in [6, 6.07) is 7.60. The summed E-state index contributed by atoms with van der Waals surface area (Å²) >= 11 is 1.36. The molecule has 0 bridgehead atoms. The van der Waals surface area contributed by atoms with Crippen molar-refractivity contribution in [3.63, 3.8) is 0 Å². The van der Waals surface area contributed by atoms with Gasteiger partial charge in [-0.1, -0.05) is 33.9 Å². The van der Waals surface area contributed by atoms with E-state index in [1.165, 1.54) is 17.7 Å². The molecule has 4 nitrogen and oxygen atoms in total. The highest BCUT2D eigenvalue weighted by Gasteiger charge is 2.09. The van der Waals surface area contributed by atoms with Crippen LogP contribution in [0, 0.1) is 6.92 Å². The van der Waals surface area contributed by atoms with Gasteiger partial charge in [0.25, 0.3) is 0 Å². The van der Waals surface area contributed by atoms with Gasteiger partial charge in [-0.25, -0.2) is 0 Å². The van der Waals surface area contributed by atoms with E-state index < -0.39 is 0 Å². The number of nitrogens with zero attached hydrogens (tertiary/aromatic N) is 3. The molecule has 0 aliphatic heterocycles. The number of benzene rings is 1. The third kappa shape index (κ3) is 1.87. The SMILES string of the molecule is Cc1snnc1-c1ccccc1C=NO. The van der Waals surface area contributed by atoms with Crippen LogP contribution in [0.2, 0.25) is 0 Å². The highest BCUT2D eigenvalue weighted by Crippen LogP contribution is 2.25. The van der Waals surface area contributed by atoms with E-state index in [0.29, 0.717) is 0 Å². The molecule has 1 N–H and O–H groups in total. The van der Waals surface area contributed by atoms with Gasteiger partial charge >= 0.3 is 0 Å². The second kappa shape index (κ2) is 4.18. The zero-order chi connectivity index (χ0) is 10.7. The average molecular weight is 219 g/mol. The van der Waals surface area contributed by atoms with Gasteiger partial charge in [-0.2, -0.15) is 0 Å². The highest BCUT2D eigenvalue weighted by atomic mass is 32.1. The third-order valence-electron chi connectivity index (χ3n) is 2.06. The first-order valence-electron chi connectivity index (χ1n) is 4.38. The van der Waals surface area contributed by atoms with Crippen LogP contribution in [0.4, 0.5) is 0 Å². The summed E-state index contributed by atoms with van der Waals surface area (Å²) in [4.78, 5) is 1.05. The van der Waals surface area contributed by atoms with Crippen molar-refractivity contribution in [1.82, 2.24) is 9.59 Å². The number of rotatable bonds is 2. The average Bonchev–Trinajstić information content (AvgIpc) is 2.66. The number of aryl methyl sites for hydroxylation is 1. The lowest BCUT2D eigenvalue weighted by atomic mass is 10.1. The van der Waals surface area contributed by atoms with Crippen LogP contribution in [-0.4, -0.2) is 21.0 Å². The van der Waals surface area contributed by atoms with Gasteiger partial charge in [0, 0.05) is 11.1 Å². The van der Waals surface area contributed by atoms with Crippen molar-refractivity contribution in [3.05, 3.63) is 34.7 Å². The van der Waals surface area contributed by atoms with Crippen LogP contribution in [0.1, 0.15) is 10.4 Å². The molecule has 0 saturated carbocycles. The van der Waals surface area contributed by atoms with E-state index in [-0.39, 0.29) is 0 Å². The highest BCUT2D eigenvalue weighted by molar-refractivity contribution is 7.05. The van der Waals surface area contributed by atoms with Gasteiger partial charge in [0.2, 0.25) is 0 Å². The fourth-order valence-electron chi connectivity index (χ4n) is 1.37. The molecule has 1 aromatic heterocycles. The molecular weight excluding hydrogens is 210 g/mol. The Hall–Kier alpha value is -1.75. The van der Waals surface area contributed by atoms with Crippen LogP contribution in [0.3, 0.4) is 0 Å². The molecule has 0 saturated heterocycles. The van der Waals surface area contributed by atoms with Crippen molar-refractivity contribution in [3.8, 4) is 11.3 Å². The molecule has 2 aromatic rings. The summed E-state index contributed by atoms with van der Waals surface area (Å²) in [6.07, 6.45) is 1.40. The van der Waals surface area contributed by atoms with Gasteiger partial charge in [-0.3, -0.25) is 0 Å². The van der Waals surface area contributed by atoms with Crippen molar-refractivity contribution in [2.45, 2.75) is 6.92 Å². The molecule has 0 fully saturated rings. The molecule has 15 heavy (non-hydrogen) atoms. The van der Waals surface area contributed by atoms with Gasteiger partial charge < -0.3 is 5.21 Å². The monoisotopic (exact) mass is 219 g/mol. The van der Waals surface area contributed by atoms with Crippen molar-refractivity contribution in [2.24, 2.45) is 5.16 Å². The van der Waals surface area contributed by atoms with Crippen LogP contribution in [-0.2, 0) is 0 Å². The predicted octanol–water partition coefficient (Wildman–Crippen LogP) is 2.32. The molecular formula is C10H9N3OS. The van der Waals surface area contributed by atoms with E-state index in [4.69, 9.17) is 5.21 Å². The maximum absolute atomic E-state index is 8.55. The lowest BCUT2D eigenvalue weighted by Gasteiger charge is -2.01. The van der Waals surface area contributed by atoms with Gasteiger partial charge in [0.15, 0.2) is 0 Å². The molecule has 0 aliphatic rings. The molecule has 0 amide bonds. The van der Waals surface area contributed by atoms with E-state index >= 15 is 0 Å². The minimum atomic E-state index is 0.829.